The second kappa shape index (κ2) is 6.27. The number of aromatic nitrogens is 1. The normalized spacial score (nSPS) is 13.2. The Bertz CT molecular complexity index is 569. The highest BCUT2D eigenvalue weighted by Crippen LogP contribution is 1.93. The molecule has 9 nitrogen and oxygen atoms in total. The van der Waals surface area contributed by atoms with Gasteiger partial charge in [-0.1, -0.05) is 6.07 Å². The SMILES string of the molecule is COC(=O)C1=NNC(C(=O)NCc2ccccn2)=NN1. The number of carbonyl (C=O) groups excluding carboxylic acids is 2. The van der Waals surface area contributed by atoms with E-state index >= 15 is 0 Å². The lowest BCUT2D eigenvalue weighted by atomic mass is 10.3. The molecule has 2 heterocycles. The zero-order chi connectivity index (χ0) is 14.4. The van der Waals surface area contributed by atoms with Crippen LogP contribution in [0.5, 0.6) is 0 Å². The van der Waals surface area contributed by atoms with Crippen LogP contribution >= 0.6 is 0 Å². The molecule has 1 aliphatic rings. The Kier molecular flexibility index (Phi) is 4.22. The van der Waals surface area contributed by atoms with Gasteiger partial charge in [-0.25, -0.2) is 4.79 Å². The Balaban J connectivity index is 1.86. The maximum absolute atomic E-state index is 11.8. The minimum atomic E-state index is -0.686. The predicted molar refractivity (Wildman–Crippen MR) is 69.2 cm³/mol. The summed E-state index contributed by atoms with van der Waals surface area (Å²) in [6.07, 6.45) is 1.63. The van der Waals surface area contributed by atoms with Crippen LogP contribution in [0, 0.1) is 0 Å². The largest absolute Gasteiger partial charge is 0.463 e. The second-order valence-electron chi connectivity index (χ2n) is 3.64. The summed E-state index contributed by atoms with van der Waals surface area (Å²) >= 11 is 0. The first-order valence-corrected chi connectivity index (χ1v) is 5.64. The van der Waals surface area contributed by atoms with Gasteiger partial charge in [0.1, 0.15) is 0 Å². The number of carbonyl (C=O) groups is 2. The molecule has 3 N–H and O–H groups in total. The summed E-state index contributed by atoms with van der Waals surface area (Å²) in [7, 11) is 1.21. The van der Waals surface area contributed by atoms with Gasteiger partial charge in [-0.2, -0.15) is 0 Å². The van der Waals surface area contributed by atoms with Gasteiger partial charge in [-0.15, -0.1) is 10.2 Å². The summed E-state index contributed by atoms with van der Waals surface area (Å²) in [5, 5.41) is 9.92. The van der Waals surface area contributed by atoms with Crippen molar-refractivity contribution in [3.8, 4) is 0 Å². The quantitative estimate of drug-likeness (QED) is 0.588. The van der Waals surface area contributed by atoms with Gasteiger partial charge < -0.3 is 10.1 Å². The van der Waals surface area contributed by atoms with Crippen molar-refractivity contribution in [3.63, 3.8) is 0 Å². The third kappa shape index (κ3) is 3.28. The fourth-order valence-corrected chi connectivity index (χ4v) is 1.31. The highest BCUT2D eigenvalue weighted by atomic mass is 16.5. The maximum Gasteiger partial charge on any atom is 0.377 e. The first-order valence-electron chi connectivity index (χ1n) is 5.64. The highest BCUT2D eigenvalue weighted by Gasteiger charge is 2.19. The second-order valence-corrected chi connectivity index (χ2v) is 3.64. The highest BCUT2D eigenvalue weighted by molar-refractivity contribution is 6.41. The zero-order valence-electron chi connectivity index (χ0n) is 10.6. The third-order valence-electron chi connectivity index (χ3n) is 2.30. The standard InChI is InChI=1S/C11H12N6O3/c1-20-11(19)9-16-14-8(15-17-9)10(18)13-6-7-4-2-3-5-12-7/h2-5H,6H2,1H3,(H,13,18)(H,14,15)(H,16,17). The van der Waals surface area contributed by atoms with E-state index in [0.717, 1.165) is 0 Å². The van der Waals surface area contributed by atoms with Gasteiger partial charge in [0.2, 0.25) is 5.84 Å². The van der Waals surface area contributed by atoms with E-state index in [0.29, 0.717) is 5.69 Å². The molecule has 0 saturated carbocycles. The van der Waals surface area contributed by atoms with Gasteiger partial charge >= 0.3 is 5.97 Å². The molecule has 9 heteroatoms. The fourth-order valence-electron chi connectivity index (χ4n) is 1.31. The van der Waals surface area contributed by atoms with Gasteiger partial charge in [-0.05, 0) is 12.1 Å². The molecule has 104 valence electrons. The Labute approximate surface area is 114 Å². The number of ether oxygens (including phenoxy) is 1. The van der Waals surface area contributed by atoms with Crippen LogP contribution in [0.3, 0.4) is 0 Å². The molecule has 0 radical (unpaired) electrons. The molecule has 0 atom stereocenters. The maximum atomic E-state index is 11.8. The molecular weight excluding hydrogens is 264 g/mol. The average molecular weight is 276 g/mol. The molecule has 20 heavy (non-hydrogen) atoms. The first kappa shape index (κ1) is 13.5. The number of esters is 1. The predicted octanol–water partition coefficient (Wildman–Crippen LogP) is -1.31. The van der Waals surface area contributed by atoms with E-state index in [9.17, 15) is 9.59 Å². The molecule has 0 saturated heterocycles. The molecule has 0 fully saturated rings. The van der Waals surface area contributed by atoms with E-state index < -0.39 is 11.9 Å². The van der Waals surface area contributed by atoms with Crippen LogP contribution in [-0.2, 0) is 20.9 Å². The minimum Gasteiger partial charge on any atom is -0.463 e. The molecule has 2 rings (SSSR count). The van der Waals surface area contributed by atoms with Gasteiger partial charge in [0.05, 0.1) is 19.3 Å². The van der Waals surface area contributed by atoms with E-state index in [2.05, 4.69) is 36.1 Å². The summed E-state index contributed by atoms with van der Waals surface area (Å²) in [6, 6.07) is 5.38. The smallest absolute Gasteiger partial charge is 0.377 e. The van der Waals surface area contributed by atoms with Crippen LogP contribution in [0.4, 0.5) is 0 Å². The molecule has 0 unspecified atom stereocenters. The number of nitrogens with one attached hydrogen (secondary N) is 3. The van der Waals surface area contributed by atoms with Crippen LogP contribution in [0.25, 0.3) is 0 Å². The number of nitrogens with zero attached hydrogens (tertiary/aromatic N) is 3. The van der Waals surface area contributed by atoms with Crippen molar-refractivity contribution in [3.05, 3.63) is 30.1 Å². The van der Waals surface area contributed by atoms with Gasteiger partial charge in [0.15, 0.2) is 0 Å². The Hall–Kier alpha value is -2.97. The minimum absolute atomic E-state index is 0.0615. The van der Waals surface area contributed by atoms with Crippen LogP contribution < -0.4 is 16.2 Å². The first-order chi connectivity index (χ1) is 9.70. The number of methoxy groups -OCH3 is 1. The fraction of sp³-hybridized carbons (Fsp3) is 0.182. The number of rotatable bonds is 4. The molecule has 1 aliphatic heterocycles. The molecule has 0 aromatic carbocycles. The van der Waals surface area contributed by atoms with Crippen molar-refractivity contribution in [1.29, 1.82) is 0 Å². The Morgan fingerprint density at radius 1 is 1.25 bits per heavy atom. The van der Waals surface area contributed by atoms with Crippen molar-refractivity contribution in [2.45, 2.75) is 6.54 Å². The van der Waals surface area contributed by atoms with Gasteiger partial charge in [0.25, 0.3) is 11.7 Å². The number of amidine groups is 2. The van der Waals surface area contributed by atoms with Crippen molar-refractivity contribution in [2.24, 2.45) is 10.2 Å². The molecule has 0 bridgehead atoms. The summed E-state index contributed by atoms with van der Waals surface area (Å²) in [6.45, 7) is 0.258. The number of hydrogen-bond acceptors (Lipinski definition) is 8. The summed E-state index contributed by atoms with van der Waals surface area (Å²) in [5.74, 6) is -1.35. The lowest BCUT2D eigenvalue weighted by Crippen LogP contribution is -2.45. The summed E-state index contributed by atoms with van der Waals surface area (Å²) in [5.41, 5.74) is 5.40. The molecule has 1 amide bonds. The van der Waals surface area contributed by atoms with E-state index in [4.69, 9.17) is 0 Å². The van der Waals surface area contributed by atoms with Crippen LogP contribution in [0.1, 0.15) is 5.69 Å². The molecule has 0 spiro atoms. The average Bonchev–Trinajstić information content (AvgIpc) is 2.53. The zero-order valence-corrected chi connectivity index (χ0v) is 10.6. The van der Waals surface area contributed by atoms with Crippen LogP contribution in [-0.4, -0.2) is 35.6 Å². The monoisotopic (exact) mass is 276 g/mol. The van der Waals surface area contributed by atoms with Gasteiger partial charge in [-0.3, -0.25) is 20.6 Å². The third-order valence-corrected chi connectivity index (χ3v) is 2.30. The molecule has 1 aromatic rings. The van der Waals surface area contributed by atoms with Crippen LogP contribution in [0.15, 0.2) is 34.6 Å². The molecular formula is C11H12N6O3. The Morgan fingerprint density at radius 2 is 2.00 bits per heavy atom. The van der Waals surface area contributed by atoms with Gasteiger partial charge in [0, 0.05) is 6.20 Å². The summed E-state index contributed by atoms with van der Waals surface area (Å²) < 4.78 is 4.44. The lowest BCUT2D eigenvalue weighted by Gasteiger charge is -2.12. The number of hydrazone groups is 2. The molecule has 0 aliphatic carbocycles. The van der Waals surface area contributed by atoms with Crippen molar-refractivity contribution in [2.75, 3.05) is 7.11 Å². The number of amides is 1. The van der Waals surface area contributed by atoms with E-state index in [1.165, 1.54) is 7.11 Å². The van der Waals surface area contributed by atoms with E-state index in [1.807, 2.05) is 6.07 Å². The van der Waals surface area contributed by atoms with Crippen LogP contribution in [0.2, 0.25) is 0 Å². The summed E-state index contributed by atoms with van der Waals surface area (Å²) in [4.78, 5) is 26.9. The van der Waals surface area contributed by atoms with Crippen molar-refractivity contribution in [1.82, 2.24) is 21.2 Å². The van der Waals surface area contributed by atoms with Crippen molar-refractivity contribution >= 4 is 23.5 Å². The Morgan fingerprint density at radius 3 is 2.60 bits per heavy atom. The lowest BCUT2D eigenvalue weighted by molar-refractivity contribution is -0.133. The topological polar surface area (TPSA) is 117 Å². The number of hydrogen-bond donors (Lipinski definition) is 3. The number of pyridine rings is 1. The van der Waals surface area contributed by atoms with E-state index in [-0.39, 0.29) is 18.2 Å². The van der Waals surface area contributed by atoms with Crippen molar-refractivity contribution < 1.29 is 14.3 Å². The van der Waals surface area contributed by atoms with E-state index in [1.54, 1.807) is 18.3 Å². The molecule has 1 aromatic heterocycles.